The van der Waals surface area contributed by atoms with Gasteiger partial charge >= 0.3 is 5.97 Å². The number of esters is 1. The summed E-state index contributed by atoms with van der Waals surface area (Å²) in [7, 11) is -2.69. The first-order valence-corrected chi connectivity index (χ1v) is 14.2. The maximum Gasteiger partial charge on any atom is 0.303 e. The highest BCUT2D eigenvalue weighted by atomic mass is 32.2. The van der Waals surface area contributed by atoms with Gasteiger partial charge in [0.15, 0.2) is 11.4 Å². The van der Waals surface area contributed by atoms with E-state index in [0.29, 0.717) is 22.2 Å². The summed E-state index contributed by atoms with van der Waals surface area (Å²) in [6.45, 7) is 6.28. The van der Waals surface area contributed by atoms with Gasteiger partial charge in [-0.2, -0.15) is 5.10 Å². The van der Waals surface area contributed by atoms with Gasteiger partial charge in [-0.3, -0.25) is 19.0 Å². The first-order chi connectivity index (χ1) is 19.3. The molecule has 0 aliphatic carbocycles. The van der Waals surface area contributed by atoms with Crippen LogP contribution in [-0.2, 0) is 37.4 Å². The second kappa shape index (κ2) is 11.6. The molecule has 4 aromatic rings. The van der Waals surface area contributed by atoms with E-state index in [-0.39, 0.29) is 23.8 Å². The number of carbonyl (C=O) groups is 2. The fourth-order valence-electron chi connectivity index (χ4n) is 4.30. The number of sulfonamides is 1. The lowest BCUT2D eigenvalue weighted by Crippen LogP contribution is -2.44. The third kappa shape index (κ3) is 6.65. The normalized spacial score (nSPS) is 11.8. The molecule has 4 rings (SSSR count). The maximum absolute atomic E-state index is 14.1. The second-order valence-electron chi connectivity index (χ2n) is 9.98. The smallest absolute Gasteiger partial charge is 0.303 e. The highest BCUT2D eigenvalue weighted by molar-refractivity contribution is 7.92. The van der Waals surface area contributed by atoms with Crippen molar-refractivity contribution < 1.29 is 31.9 Å². The number of rotatable bonds is 10. The molecule has 0 spiro atoms. The SMILES string of the molecule is COc1cccc2c1c(NS(=O)(=O)c1ccc(C)c(F)c1)nn2Cc1cccc(CNC(=O)C(C)(C)OC(C)=O)c1. The van der Waals surface area contributed by atoms with Gasteiger partial charge in [-0.1, -0.05) is 36.4 Å². The molecule has 1 amide bonds. The van der Waals surface area contributed by atoms with Crippen molar-refractivity contribution in [1.29, 1.82) is 0 Å². The molecule has 0 saturated carbocycles. The minimum atomic E-state index is -4.16. The van der Waals surface area contributed by atoms with Gasteiger partial charge in [0, 0.05) is 13.5 Å². The first kappa shape index (κ1) is 29.5. The number of nitrogens with zero attached hydrogens (tertiary/aromatic N) is 2. The average Bonchev–Trinajstić information content (AvgIpc) is 3.24. The Kier molecular flexibility index (Phi) is 8.34. The van der Waals surface area contributed by atoms with E-state index >= 15 is 0 Å². The van der Waals surface area contributed by atoms with Gasteiger partial charge in [-0.15, -0.1) is 0 Å². The predicted molar refractivity (Wildman–Crippen MR) is 151 cm³/mol. The number of carbonyl (C=O) groups excluding carboxylic acids is 2. The molecule has 2 N–H and O–H groups in total. The van der Waals surface area contributed by atoms with E-state index in [0.717, 1.165) is 17.2 Å². The number of hydrogen-bond acceptors (Lipinski definition) is 7. The van der Waals surface area contributed by atoms with Gasteiger partial charge in [-0.25, -0.2) is 12.8 Å². The summed E-state index contributed by atoms with van der Waals surface area (Å²) in [6, 6.07) is 16.4. The van der Waals surface area contributed by atoms with Crippen molar-refractivity contribution in [3.8, 4) is 5.75 Å². The average molecular weight is 583 g/mol. The number of methoxy groups -OCH3 is 1. The van der Waals surface area contributed by atoms with Crippen LogP contribution in [0.25, 0.3) is 10.9 Å². The molecule has 0 saturated heterocycles. The number of halogens is 1. The lowest BCUT2D eigenvalue weighted by Gasteiger charge is -2.23. The third-order valence-corrected chi connectivity index (χ3v) is 7.70. The molecule has 3 aromatic carbocycles. The van der Waals surface area contributed by atoms with Gasteiger partial charge in [0.2, 0.25) is 0 Å². The van der Waals surface area contributed by atoms with E-state index in [1.54, 1.807) is 29.8 Å². The molecule has 0 unspecified atom stereocenters. The minimum Gasteiger partial charge on any atom is -0.496 e. The van der Waals surface area contributed by atoms with Crippen LogP contribution in [0, 0.1) is 12.7 Å². The van der Waals surface area contributed by atoms with Crippen molar-refractivity contribution in [1.82, 2.24) is 15.1 Å². The molecular weight excluding hydrogens is 551 g/mol. The Morgan fingerprint density at radius 2 is 1.76 bits per heavy atom. The molecule has 1 aromatic heterocycles. The molecule has 41 heavy (non-hydrogen) atoms. The van der Waals surface area contributed by atoms with Gasteiger partial charge in [0.1, 0.15) is 11.6 Å². The minimum absolute atomic E-state index is 0.0366. The van der Waals surface area contributed by atoms with Crippen LogP contribution in [0.4, 0.5) is 10.2 Å². The highest BCUT2D eigenvalue weighted by Crippen LogP contribution is 2.34. The quantitative estimate of drug-likeness (QED) is 0.267. The van der Waals surface area contributed by atoms with E-state index in [9.17, 15) is 22.4 Å². The van der Waals surface area contributed by atoms with Crippen molar-refractivity contribution >= 4 is 38.6 Å². The van der Waals surface area contributed by atoms with Crippen molar-refractivity contribution in [2.45, 2.75) is 51.3 Å². The molecule has 216 valence electrons. The van der Waals surface area contributed by atoms with Crippen LogP contribution >= 0.6 is 0 Å². The van der Waals surface area contributed by atoms with Gasteiger partial charge in [0.05, 0.1) is 29.5 Å². The number of hydrogen-bond donors (Lipinski definition) is 2. The van der Waals surface area contributed by atoms with Crippen molar-refractivity contribution in [2.75, 3.05) is 11.8 Å². The lowest BCUT2D eigenvalue weighted by molar-refractivity contribution is -0.163. The van der Waals surface area contributed by atoms with Crippen LogP contribution in [0.3, 0.4) is 0 Å². The Morgan fingerprint density at radius 1 is 1.05 bits per heavy atom. The summed E-state index contributed by atoms with van der Waals surface area (Å²) in [4.78, 5) is 23.6. The van der Waals surface area contributed by atoms with Crippen LogP contribution in [0.5, 0.6) is 5.75 Å². The highest BCUT2D eigenvalue weighted by Gasteiger charge is 2.30. The molecule has 10 nitrogen and oxygen atoms in total. The number of ether oxygens (including phenoxy) is 2. The van der Waals surface area contributed by atoms with Crippen molar-refractivity contribution in [2.24, 2.45) is 0 Å². The summed E-state index contributed by atoms with van der Waals surface area (Å²) < 4.78 is 55.1. The zero-order chi connectivity index (χ0) is 29.9. The number of anilines is 1. The van der Waals surface area contributed by atoms with Gasteiger partial charge < -0.3 is 14.8 Å². The van der Waals surface area contributed by atoms with Crippen LogP contribution in [-0.4, -0.2) is 42.8 Å². The van der Waals surface area contributed by atoms with Crippen LogP contribution in [0.1, 0.15) is 37.5 Å². The topological polar surface area (TPSA) is 129 Å². The van der Waals surface area contributed by atoms with E-state index in [4.69, 9.17) is 9.47 Å². The fourth-order valence-corrected chi connectivity index (χ4v) is 5.32. The monoisotopic (exact) mass is 582 g/mol. The summed E-state index contributed by atoms with van der Waals surface area (Å²) in [6.07, 6.45) is 0. The third-order valence-electron chi connectivity index (χ3n) is 6.37. The first-order valence-electron chi connectivity index (χ1n) is 12.7. The molecular formula is C29H31FN4O6S. The Labute approximate surface area is 237 Å². The number of nitrogens with one attached hydrogen (secondary N) is 2. The van der Waals surface area contributed by atoms with Crippen LogP contribution < -0.4 is 14.8 Å². The molecule has 0 fully saturated rings. The summed E-state index contributed by atoms with van der Waals surface area (Å²) >= 11 is 0. The van der Waals surface area contributed by atoms with Gasteiger partial charge in [-0.05, 0) is 61.7 Å². The Hall–Kier alpha value is -4.45. The Balaban J connectivity index is 1.62. The van der Waals surface area contributed by atoms with E-state index in [1.807, 2.05) is 24.3 Å². The van der Waals surface area contributed by atoms with Crippen LogP contribution in [0.15, 0.2) is 65.6 Å². The molecule has 0 aliphatic heterocycles. The number of aryl methyl sites for hydroxylation is 1. The predicted octanol–water partition coefficient (Wildman–Crippen LogP) is 4.30. The summed E-state index contributed by atoms with van der Waals surface area (Å²) in [5.74, 6) is -1.17. The van der Waals surface area contributed by atoms with E-state index in [2.05, 4.69) is 15.1 Å². The zero-order valence-corrected chi connectivity index (χ0v) is 24.1. The van der Waals surface area contributed by atoms with E-state index in [1.165, 1.54) is 40.0 Å². The number of benzene rings is 3. The lowest BCUT2D eigenvalue weighted by atomic mass is 10.1. The standard InChI is InChI=1S/C29H31FN4O6S/c1-18-12-13-22(15-23(18)30)41(37,38)33-27-26-24(10-7-11-25(26)39-5)34(32-27)17-21-9-6-8-20(14-21)16-31-28(36)29(3,4)40-19(2)35/h6-15H,16-17H2,1-5H3,(H,31,36)(H,32,33). The number of amides is 1. The molecule has 1 heterocycles. The Bertz CT molecular complexity index is 1730. The molecule has 0 radical (unpaired) electrons. The fraction of sp³-hybridized carbons (Fsp3) is 0.276. The molecule has 0 aliphatic rings. The largest absolute Gasteiger partial charge is 0.496 e. The maximum atomic E-state index is 14.1. The Morgan fingerprint density at radius 3 is 2.44 bits per heavy atom. The van der Waals surface area contributed by atoms with Crippen molar-refractivity contribution in [3.63, 3.8) is 0 Å². The van der Waals surface area contributed by atoms with E-state index < -0.39 is 33.3 Å². The number of aromatic nitrogens is 2. The molecule has 12 heteroatoms. The van der Waals surface area contributed by atoms with Gasteiger partial charge in [0.25, 0.3) is 15.9 Å². The molecule has 0 atom stereocenters. The summed E-state index contributed by atoms with van der Waals surface area (Å²) in [5, 5.41) is 7.76. The van der Waals surface area contributed by atoms with Crippen molar-refractivity contribution in [3.05, 3.63) is 83.2 Å². The number of fused-ring (bicyclic) bond motifs is 1. The summed E-state index contributed by atoms with van der Waals surface area (Å²) in [5.41, 5.74) is 1.25. The van der Waals surface area contributed by atoms with Crippen LogP contribution in [0.2, 0.25) is 0 Å². The zero-order valence-electron chi connectivity index (χ0n) is 23.3. The second-order valence-corrected chi connectivity index (χ2v) is 11.7. The molecule has 0 bridgehead atoms.